The van der Waals surface area contributed by atoms with Crippen LogP contribution in [0.5, 0.6) is 0 Å². The van der Waals surface area contributed by atoms with Crippen LogP contribution in [0.4, 0.5) is 5.95 Å². The topological polar surface area (TPSA) is 80.4 Å². The number of quaternary nitrogens is 1. The van der Waals surface area contributed by atoms with Gasteiger partial charge in [-0.1, -0.05) is 60.1 Å². The van der Waals surface area contributed by atoms with Gasteiger partial charge in [-0.3, -0.25) is 18.9 Å². The van der Waals surface area contributed by atoms with Crippen LogP contribution >= 0.6 is 11.6 Å². The van der Waals surface area contributed by atoms with Crippen LogP contribution in [0, 0.1) is 0 Å². The molecule has 0 bridgehead atoms. The van der Waals surface area contributed by atoms with Gasteiger partial charge in [-0.2, -0.15) is 4.98 Å². The molecule has 5 rings (SSSR count). The van der Waals surface area contributed by atoms with Gasteiger partial charge in [-0.15, -0.1) is 0 Å². The summed E-state index contributed by atoms with van der Waals surface area (Å²) in [4.78, 5) is 35.9. The van der Waals surface area contributed by atoms with Crippen LogP contribution < -0.4 is 21.0 Å². The number of aromatic amines is 1. The third kappa shape index (κ3) is 4.19. The number of anilines is 1. The summed E-state index contributed by atoms with van der Waals surface area (Å²) in [5.74, 6) is 0.690. The molecule has 4 aromatic rings. The van der Waals surface area contributed by atoms with Crippen molar-refractivity contribution in [1.82, 2.24) is 19.1 Å². The van der Waals surface area contributed by atoms with Gasteiger partial charge in [0, 0.05) is 17.6 Å². The number of nitrogens with one attached hydrogen (secondary N) is 2. The van der Waals surface area contributed by atoms with Crippen molar-refractivity contribution in [3.63, 3.8) is 0 Å². The minimum atomic E-state index is -0.474. The van der Waals surface area contributed by atoms with Gasteiger partial charge >= 0.3 is 5.69 Å². The fourth-order valence-corrected chi connectivity index (χ4v) is 4.69. The highest BCUT2D eigenvalue weighted by atomic mass is 35.5. The quantitative estimate of drug-likeness (QED) is 0.461. The molecule has 9 heteroatoms. The van der Waals surface area contributed by atoms with Crippen molar-refractivity contribution in [3.8, 4) is 0 Å². The first-order valence-corrected chi connectivity index (χ1v) is 11.4. The lowest BCUT2D eigenvalue weighted by Crippen LogP contribution is -3.13. The molecule has 2 aromatic carbocycles. The van der Waals surface area contributed by atoms with Crippen molar-refractivity contribution in [2.45, 2.75) is 13.1 Å². The van der Waals surface area contributed by atoms with Gasteiger partial charge < -0.3 is 9.80 Å². The highest BCUT2D eigenvalue weighted by molar-refractivity contribution is 6.31. The second-order valence-corrected chi connectivity index (χ2v) is 8.89. The summed E-state index contributed by atoms with van der Waals surface area (Å²) >= 11 is 6.43. The minimum Gasteiger partial charge on any atom is -0.331 e. The number of halogens is 1. The van der Waals surface area contributed by atoms with Crippen molar-refractivity contribution in [2.75, 3.05) is 31.1 Å². The molecule has 1 aliphatic heterocycles. The van der Waals surface area contributed by atoms with Gasteiger partial charge in [-0.05, 0) is 11.6 Å². The number of nitrogens with zero attached hydrogens (tertiary/aromatic N) is 4. The summed E-state index contributed by atoms with van der Waals surface area (Å²) in [6, 6.07) is 18.1. The second kappa shape index (κ2) is 8.88. The number of piperazine rings is 1. The van der Waals surface area contributed by atoms with E-state index in [4.69, 9.17) is 16.6 Å². The van der Waals surface area contributed by atoms with E-state index in [1.165, 1.54) is 15.0 Å². The fourth-order valence-electron chi connectivity index (χ4n) is 4.50. The van der Waals surface area contributed by atoms with Crippen LogP contribution in [0.3, 0.4) is 0 Å². The van der Waals surface area contributed by atoms with Gasteiger partial charge in [0.1, 0.15) is 6.54 Å². The predicted octanol–water partition coefficient (Wildman–Crippen LogP) is 1.03. The molecule has 3 heterocycles. The minimum absolute atomic E-state index is 0.380. The molecule has 1 aliphatic rings. The summed E-state index contributed by atoms with van der Waals surface area (Å²) < 4.78 is 3.28. The van der Waals surface area contributed by atoms with Crippen LogP contribution in [0.1, 0.15) is 11.1 Å². The van der Waals surface area contributed by atoms with Crippen molar-refractivity contribution < 1.29 is 4.90 Å². The van der Waals surface area contributed by atoms with Crippen molar-refractivity contribution in [1.29, 1.82) is 0 Å². The summed E-state index contributed by atoms with van der Waals surface area (Å²) in [6.07, 6.45) is 0. The molecular weight excluding hydrogens is 440 g/mol. The zero-order valence-corrected chi connectivity index (χ0v) is 19.2. The Balaban J connectivity index is 1.49. The predicted molar refractivity (Wildman–Crippen MR) is 129 cm³/mol. The number of imidazole rings is 1. The molecule has 0 saturated carbocycles. The Labute approximate surface area is 195 Å². The Bertz CT molecular complexity index is 1400. The molecule has 33 heavy (non-hydrogen) atoms. The number of aromatic nitrogens is 4. The number of fused-ring (bicyclic) bond motifs is 1. The maximum atomic E-state index is 12.8. The second-order valence-electron chi connectivity index (χ2n) is 8.48. The maximum absolute atomic E-state index is 12.8. The number of hydrogen-bond donors (Lipinski definition) is 2. The zero-order chi connectivity index (χ0) is 22.9. The van der Waals surface area contributed by atoms with E-state index in [0.717, 1.165) is 38.3 Å². The Morgan fingerprint density at radius 3 is 2.45 bits per heavy atom. The molecule has 0 unspecified atom stereocenters. The van der Waals surface area contributed by atoms with Gasteiger partial charge in [0.05, 0.1) is 32.7 Å². The molecular formula is C24H26ClN6O2+. The van der Waals surface area contributed by atoms with Gasteiger partial charge in [-0.25, -0.2) is 4.79 Å². The Morgan fingerprint density at radius 2 is 1.73 bits per heavy atom. The highest BCUT2D eigenvalue weighted by Gasteiger charge is 2.27. The van der Waals surface area contributed by atoms with E-state index in [0.29, 0.717) is 28.7 Å². The molecule has 0 spiro atoms. The average Bonchev–Trinajstić information content (AvgIpc) is 3.20. The Kier molecular flexibility index (Phi) is 5.78. The van der Waals surface area contributed by atoms with E-state index in [1.807, 2.05) is 34.9 Å². The van der Waals surface area contributed by atoms with Crippen molar-refractivity contribution in [2.24, 2.45) is 7.05 Å². The highest BCUT2D eigenvalue weighted by Crippen LogP contribution is 2.24. The number of hydrogen-bond acceptors (Lipinski definition) is 4. The maximum Gasteiger partial charge on any atom is 0.329 e. The number of H-pyrrole nitrogens is 1. The SMILES string of the molecule is Cn1c(=O)[nH]c(=O)c2c1nc(N1CC[NH+](Cc3ccccc3)CC1)n2Cc1ccccc1Cl. The largest absolute Gasteiger partial charge is 0.331 e. The molecule has 1 fully saturated rings. The van der Waals surface area contributed by atoms with Crippen LogP contribution in [-0.2, 0) is 20.1 Å². The van der Waals surface area contributed by atoms with E-state index in [2.05, 4.69) is 34.1 Å². The average molecular weight is 466 g/mol. The first kappa shape index (κ1) is 21.5. The monoisotopic (exact) mass is 465 g/mol. The van der Waals surface area contributed by atoms with Crippen molar-refractivity contribution >= 4 is 28.7 Å². The fraction of sp³-hybridized carbons (Fsp3) is 0.292. The summed E-state index contributed by atoms with van der Waals surface area (Å²) in [7, 11) is 1.62. The zero-order valence-electron chi connectivity index (χ0n) is 18.4. The third-order valence-corrected chi connectivity index (χ3v) is 6.69. The van der Waals surface area contributed by atoms with E-state index < -0.39 is 11.2 Å². The lowest BCUT2D eigenvalue weighted by atomic mass is 10.2. The summed E-state index contributed by atoms with van der Waals surface area (Å²) in [5, 5.41) is 0.628. The van der Waals surface area contributed by atoms with E-state index in [-0.39, 0.29) is 0 Å². The van der Waals surface area contributed by atoms with Gasteiger partial charge in [0.25, 0.3) is 5.56 Å². The third-order valence-electron chi connectivity index (χ3n) is 6.32. The van der Waals surface area contributed by atoms with E-state index in [1.54, 1.807) is 7.05 Å². The number of aryl methyl sites for hydroxylation is 1. The summed E-state index contributed by atoms with van der Waals surface area (Å²) in [6.45, 7) is 4.90. The molecule has 0 aliphatic carbocycles. The first-order chi connectivity index (χ1) is 16.0. The molecule has 2 N–H and O–H groups in total. The Hall–Kier alpha value is -3.36. The van der Waals surface area contributed by atoms with Crippen LogP contribution in [-0.4, -0.2) is 45.3 Å². The van der Waals surface area contributed by atoms with Crippen LogP contribution in [0.25, 0.3) is 11.2 Å². The van der Waals surface area contributed by atoms with Crippen molar-refractivity contribution in [3.05, 3.63) is 91.6 Å². The molecule has 170 valence electrons. The van der Waals surface area contributed by atoms with Gasteiger partial charge in [0.2, 0.25) is 5.95 Å². The molecule has 2 aromatic heterocycles. The van der Waals surface area contributed by atoms with E-state index in [9.17, 15) is 9.59 Å². The number of benzene rings is 2. The van der Waals surface area contributed by atoms with Gasteiger partial charge in [0.15, 0.2) is 11.2 Å². The molecule has 1 saturated heterocycles. The molecule has 8 nitrogen and oxygen atoms in total. The normalized spacial score (nSPS) is 14.8. The molecule has 0 radical (unpaired) electrons. The van der Waals surface area contributed by atoms with Crippen LogP contribution in [0.15, 0.2) is 64.2 Å². The lowest BCUT2D eigenvalue weighted by Gasteiger charge is -2.33. The summed E-state index contributed by atoms with van der Waals surface area (Å²) in [5.41, 5.74) is 2.07. The smallest absolute Gasteiger partial charge is 0.329 e. The van der Waals surface area contributed by atoms with E-state index >= 15 is 0 Å². The first-order valence-electron chi connectivity index (χ1n) is 11.1. The number of rotatable bonds is 5. The standard InChI is InChI=1S/C24H25ClN6O2/c1-28-21-20(22(32)27-24(28)33)31(16-18-9-5-6-10-19(18)25)23(26-21)30-13-11-29(12-14-30)15-17-7-3-2-4-8-17/h2-10H,11-16H2,1H3,(H,27,32,33)/p+1. The molecule has 0 amide bonds. The molecule has 0 atom stereocenters. The Morgan fingerprint density at radius 1 is 1.03 bits per heavy atom. The lowest BCUT2D eigenvalue weighted by molar-refractivity contribution is -0.914. The van der Waals surface area contributed by atoms with Crippen LogP contribution in [0.2, 0.25) is 5.02 Å².